The number of aryl methyl sites for hydroxylation is 2. The smallest absolute Gasteiger partial charge is 0.0126 e. The average Bonchev–Trinajstić information content (AvgIpc) is 1.98. The van der Waals surface area contributed by atoms with Gasteiger partial charge in [-0.1, -0.05) is 26.8 Å². The van der Waals surface area contributed by atoms with E-state index >= 15 is 0 Å². The Morgan fingerprint density at radius 1 is 0.786 bits per heavy atom. The molecule has 78 valence electrons. The Bertz CT molecular complexity index is 325. The largest absolute Gasteiger partial charge is 0.0561 e. The van der Waals surface area contributed by atoms with Gasteiger partial charge in [0.1, 0.15) is 0 Å². The zero-order valence-electron chi connectivity index (χ0n) is 10.6. The van der Waals surface area contributed by atoms with Crippen LogP contribution in [0.2, 0.25) is 0 Å². The van der Waals surface area contributed by atoms with Crippen molar-refractivity contribution in [1.29, 1.82) is 0 Å². The molecule has 1 aromatic rings. The third-order valence-corrected chi connectivity index (χ3v) is 3.12. The fourth-order valence-electron chi connectivity index (χ4n) is 2.34. The molecule has 0 bridgehead atoms. The highest BCUT2D eigenvalue weighted by molar-refractivity contribution is 5.47. The van der Waals surface area contributed by atoms with Crippen LogP contribution in [0.1, 0.15) is 48.6 Å². The predicted octanol–water partition coefficient (Wildman–Crippen LogP) is 4.22. The minimum atomic E-state index is 0.255. The Labute approximate surface area is 88.4 Å². The van der Waals surface area contributed by atoms with Crippen molar-refractivity contribution in [2.45, 2.75) is 53.9 Å². The maximum absolute atomic E-state index is 2.29. The number of rotatable bonds is 0. The van der Waals surface area contributed by atoms with Gasteiger partial charge in [-0.2, -0.15) is 0 Å². The molecule has 0 aliphatic carbocycles. The minimum Gasteiger partial charge on any atom is -0.0561 e. The number of hydrogen-bond donors (Lipinski definition) is 0. The van der Waals surface area contributed by atoms with Crippen molar-refractivity contribution in [1.82, 2.24) is 0 Å². The first-order valence-electron chi connectivity index (χ1n) is 5.33. The van der Waals surface area contributed by atoms with Crippen LogP contribution in [0.3, 0.4) is 0 Å². The van der Waals surface area contributed by atoms with Crippen LogP contribution in [0, 0.1) is 27.7 Å². The molecule has 0 spiro atoms. The fraction of sp³-hybridized carbons (Fsp3) is 0.571. The van der Waals surface area contributed by atoms with Crippen molar-refractivity contribution in [2.75, 3.05) is 0 Å². The SMILES string of the molecule is Cc1cc(C)c(C)c(C(C)(C)C)c1C. The van der Waals surface area contributed by atoms with E-state index in [1.165, 1.54) is 27.8 Å². The summed E-state index contributed by atoms with van der Waals surface area (Å²) in [6, 6.07) is 2.29. The van der Waals surface area contributed by atoms with Crippen LogP contribution in [0.25, 0.3) is 0 Å². The molecule has 0 saturated carbocycles. The molecule has 0 aromatic heterocycles. The maximum atomic E-state index is 2.29. The van der Waals surface area contributed by atoms with Gasteiger partial charge < -0.3 is 0 Å². The van der Waals surface area contributed by atoms with Crippen molar-refractivity contribution in [3.8, 4) is 0 Å². The average molecular weight is 190 g/mol. The fourth-order valence-corrected chi connectivity index (χ4v) is 2.34. The normalized spacial score (nSPS) is 11.9. The molecule has 14 heavy (non-hydrogen) atoms. The van der Waals surface area contributed by atoms with E-state index in [0.717, 1.165) is 0 Å². The van der Waals surface area contributed by atoms with Crippen molar-refractivity contribution in [3.63, 3.8) is 0 Å². The molecule has 0 amide bonds. The van der Waals surface area contributed by atoms with E-state index in [-0.39, 0.29) is 5.41 Å². The quantitative estimate of drug-likeness (QED) is 0.574. The monoisotopic (exact) mass is 190 g/mol. The summed E-state index contributed by atoms with van der Waals surface area (Å²) in [4.78, 5) is 0. The van der Waals surface area contributed by atoms with Crippen molar-refractivity contribution in [3.05, 3.63) is 33.9 Å². The number of benzene rings is 1. The molecule has 1 aromatic carbocycles. The van der Waals surface area contributed by atoms with E-state index in [0.29, 0.717) is 0 Å². The first kappa shape index (κ1) is 11.3. The van der Waals surface area contributed by atoms with Crippen LogP contribution in [-0.4, -0.2) is 0 Å². The van der Waals surface area contributed by atoms with E-state index in [2.05, 4.69) is 54.5 Å². The zero-order chi connectivity index (χ0) is 11.1. The Balaban J connectivity index is 3.56. The molecule has 1 rings (SSSR count). The molecule has 0 radical (unpaired) electrons. The van der Waals surface area contributed by atoms with Gasteiger partial charge >= 0.3 is 0 Å². The summed E-state index contributed by atoms with van der Waals surface area (Å²) in [7, 11) is 0. The lowest BCUT2D eigenvalue weighted by Gasteiger charge is -2.26. The molecule has 0 fully saturated rings. The molecule has 0 aliphatic rings. The topological polar surface area (TPSA) is 0 Å². The summed E-state index contributed by atoms with van der Waals surface area (Å²) in [5.74, 6) is 0. The third kappa shape index (κ3) is 1.84. The second kappa shape index (κ2) is 3.42. The van der Waals surface area contributed by atoms with Crippen LogP contribution < -0.4 is 0 Å². The first-order valence-corrected chi connectivity index (χ1v) is 5.33. The summed E-state index contributed by atoms with van der Waals surface area (Å²) in [5, 5.41) is 0. The van der Waals surface area contributed by atoms with Crippen LogP contribution in [-0.2, 0) is 5.41 Å². The first-order chi connectivity index (χ1) is 6.25. The summed E-state index contributed by atoms with van der Waals surface area (Å²) in [5.41, 5.74) is 7.53. The second-order valence-corrected chi connectivity index (χ2v) is 5.39. The van der Waals surface area contributed by atoms with E-state index in [1.54, 1.807) is 0 Å². The molecule has 0 heterocycles. The van der Waals surface area contributed by atoms with Gasteiger partial charge in [0.25, 0.3) is 0 Å². The number of hydrogen-bond acceptors (Lipinski definition) is 0. The van der Waals surface area contributed by atoms with Gasteiger partial charge in [-0.25, -0.2) is 0 Å². The molecule has 0 unspecified atom stereocenters. The lowest BCUT2D eigenvalue weighted by Crippen LogP contribution is -2.16. The Morgan fingerprint density at radius 3 is 1.43 bits per heavy atom. The van der Waals surface area contributed by atoms with Crippen molar-refractivity contribution in [2.24, 2.45) is 0 Å². The van der Waals surface area contributed by atoms with Gasteiger partial charge in [0, 0.05) is 0 Å². The highest BCUT2D eigenvalue weighted by Crippen LogP contribution is 2.32. The highest BCUT2D eigenvalue weighted by Gasteiger charge is 2.20. The lowest BCUT2D eigenvalue weighted by atomic mass is 9.78. The molecule has 0 atom stereocenters. The van der Waals surface area contributed by atoms with Gasteiger partial charge in [-0.05, 0) is 60.9 Å². The summed E-state index contributed by atoms with van der Waals surface area (Å²) >= 11 is 0. The summed E-state index contributed by atoms with van der Waals surface area (Å²) in [6.45, 7) is 15.8. The van der Waals surface area contributed by atoms with Crippen LogP contribution in [0.5, 0.6) is 0 Å². The predicted molar refractivity (Wildman–Crippen MR) is 64.1 cm³/mol. The van der Waals surface area contributed by atoms with Crippen LogP contribution >= 0.6 is 0 Å². The summed E-state index contributed by atoms with van der Waals surface area (Å²) < 4.78 is 0. The van der Waals surface area contributed by atoms with Crippen molar-refractivity contribution < 1.29 is 0 Å². The van der Waals surface area contributed by atoms with Crippen LogP contribution in [0.15, 0.2) is 6.07 Å². The zero-order valence-corrected chi connectivity index (χ0v) is 10.6. The van der Waals surface area contributed by atoms with E-state index < -0.39 is 0 Å². The van der Waals surface area contributed by atoms with Gasteiger partial charge in [0.15, 0.2) is 0 Å². The highest BCUT2D eigenvalue weighted by atomic mass is 14.2. The van der Waals surface area contributed by atoms with E-state index in [1.807, 2.05) is 0 Å². The van der Waals surface area contributed by atoms with Gasteiger partial charge in [0.05, 0.1) is 0 Å². The van der Waals surface area contributed by atoms with Crippen LogP contribution in [0.4, 0.5) is 0 Å². The Morgan fingerprint density at radius 2 is 1.14 bits per heavy atom. The second-order valence-electron chi connectivity index (χ2n) is 5.39. The van der Waals surface area contributed by atoms with Gasteiger partial charge in [-0.15, -0.1) is 0 Å². The molecule has 0 aliphatic heterocycles. The maximum Gasteiger partial charge on any atom is -0.0126 e. The molecule has 0 heteroatoms. The Kier molecular flexibility index (Phi) is 2.76. The van der Waals surface area contributed by atoms with E-state index in [4.69, 9.17) is 0 Å². The summed E-state index contributed by atoms with van der Waals surface area (Å²) in [6.07, 6.45) is 0. The molecule has 0 nitrogen and oxygen atoms in total. The molecular weight excluding hydrogens is 168 g/mol. The Hall–Kier alpha value is -0.780. The molecule has 0 N–H and O–H groups in total. The van der Waals surface area contributed by atoms with Gasteiger partial charge in [-0.3, -0.25) is 0 Å². The molecular formula is C14H22. The lowest BCUT2D eigenvalue weighted by molar-refractivity contribution is 0.580. The van der Waals surface area contributed by atoms with Crippen molar-refractivity contribution >= 4 is 0 Å². The minimum absolute atomic E-state index is 0.255. The third-order valence-electron chi connectivity index (χ3n) is 3.12. The van der Waals surface area contributed by atoms with E-state index in [9.17, 15) is 0 Å². The van der Waals surface area contributed by atoms with Gasteiger partial charge in [0.2, 0.25) is 0 Å². The molecule has 0 saturated heterocycles. The standard InChI is InChI=1S/C14H22/c1-9-8-10(2)12(4)13(11(9)3)14(5,6)7/h8H,1-7H3.